The number of nitrogens with zero attached hydrogens (tertiary/aromatic N) is 3. The van der Waals surface area contributed by atoms with E-state index in [2.05, 4.69) is 61.9 Å². The second-order valence-electron chi connectivity index (χ2n) is 6.58. The van der Waals surface area contributed by atoms with Crippen molar-refractivity contribution >= 4 is 5.82 Å². The summed E-state index contributed by atoms with van der Waals surface area (Å²) in [5.41, 5.74) is 1.09. The fourth-order valence-corrected chi connectivity index (χ4v) is 1.59. The van der Waals surface area contributed by atoms with Crippen LogP contribution in [0, 0.1) is 5.92 Å². The summed E-state index contributed by atoms with van der Waals surface area (Å²) in [5, 5.41) is 3.43. The van der Waals surface area contributed by atoms with Crippen LogP contribution in [0.5, 0.6) is 0 Å². The summed E-state index contributed by atoms with van der Waals surface area (Å²) in [6, 6.07) is 0. The van der Waals surface area contributed by atoms with Crippen LogP contribution >= 0.6 is 0 Å². The van der Waals surface area contributed by atoms with E-state index in [1.807, 2.05) is 12.4 Å². The first-order valence-electron chi connectivity index (χ1n) is 7.05. The van der Waals surface area contributed by atoms with Crippen LogP contribution in [0.25, 0.3) is 0 Å². The Labute approximate surface area is 117 Å². The molecule has 4 heteroatoms. The van der Waals surface area contributed by atoms with Crippen molar-refractivity contribution in [2.75, 3.05) is 18.5 Å². The molecule has 1 rings (SSSR count). The molecule has 0 amide bonds. The van der Waals surface area contributed by atoms with Gasteiger partial charge < -0.3 is 10.2 Å². The maximum atomic E-state index is 4.65. The maximum Gasteiger partial charge on any atom is 0.147 e. The summed E-state index contributed by atoms with van der Waals surface area (Å²) >= 11 is 0. The highest BCUT2D eigenvalue weighted by Crippen LogP contribution is 2.11. The molecule has 1 aromatic heterocycles. The molecule has 0 aromatic carbocycles. The Morgan fingerprint density at radius 1 is 1.26 bits per heavy atom. The van der Waals surface area contributed by atoms with Gasteiger partial charge in [-0.2, -0.15) is 0 Å². The van der Waals surface area contributed by atoms with Crippen molar-refractivity contribution in [1.82, 2.24) is 15.3 Å². The quantitative estimate of drug-likeness (QED) is 0.858. The van der Waals surface area contributed by atoms with Gasteiger partial charge in [-0.25, -0.2) is 4.98 Å². The summed E-state index contributed by atoms with van der Waals surface area (Å²) in [4.78, 5) is 11.1. The fourth-order valence-electron chi connectivity index (χ4n) is 1.59. The molecule has 0 unspecified atom stereocenters. The number of anilines is 1. The Bertz CT molecular complexity index is 382. The third-order valence-electron chi connectivity index (χ3n) is 2.90. The summed E-state index contributed by atoms with van der Waals surface area (Å²) in [6.45, 7) is 12.7. The van der Waals surface area contributed by atoms with Crippen molar-refractivity contribution in [2.45, 2.75) is 53.1 Å². The van der Waals surface area contributed by atoms with Crippen molar-refractivity contribution < 1.29 is 0 Å². The molecule has 0 aliphatic carbocycles. The number of aromatic nitrogens is 2. The van der Waals surface area contributed by atoms with Crippen molar-refractivity contribution in [3.8, 4) is 0 Å². The number of hydrogen-bond acceptors (Lipinski definition) is 4. The van der Waals surface area contributed by atoms with Crippen molar-refractivity contribution in [2.24, 2.45) is 5.92 Å². The molecule has 4 nitrogen and oxygen atoms in total. The normalized spacial score (nSPS) is 11.9. The van der Waals surface area contributed by atoms with Crippen LogP contribution in [-0.2, 0) is 6.54 Å². The van der Waals surface area contributed by atoms with E-state index in [1.165, 1.54) is 6.42 Å². The van der Waals surface area contributed by atoms with Crippen molar-refractivity contribution in [3.63, 3.8) is 0 Å². The van der Waals surface area contributed by atoms with Gasteiger partial charge in [0.15, 0.2) is 0 Å². The Hall–Kier alpha value is -1.16. The largest absolute Gasteiger partial charge is 0.358 e. The van der Waals surface area contributed by atoms with E-state index in [4.69, 9.17) is 0 Å². The summed E-state index contributed by atoms with van der Waals surface area (Å²) in [5.74, 6) is 1.66. The highest BCUT2D eigenvalue weighted by molar-refractivity contribution is 5.34. The average Bonchev–Trinajstić information content (AvgIpc) is 2.33. The molecule has 0 radical (unpaired) electrons. The van der Waals surface area contributed by atoms with E-state index in [9.17, 15) is 0 Å². The molecule has 0 saturated carbocycles. The van der Waals surface area contributed by atoms with Crippen LogP contribution < -0.4 is 10.2 Å². The Morgan fingerprint density at radius 3 is 2.53 bits per heavy atom. The van der Waals surface area contributed by atoms with Gasteiger partial charge in [0.25, 0.3) is 0 Å². The molecular formula is C15H28N4. The molecular weight excluding hydrogens is 236 g/mol. The van der Waals surface area contributed by atoms with Gasteiger partial charge in [0, 0.05) is 31.9 Å². The Kier molecular flexibility index (Phi) is 5.73. The first kappa shape index (κ1) is 15.9. The van der Waals surface area contributed by atoms with Crippen LogP contribution in [0.15, 0.2) is 12.4 Å². The second kappa shape index (κ2) is 6.85. The average molecular weight is 264 g/mol. The van der Waals surface area contributed by atoms with Crippen LogP contribution in [0.1, 0.15) is 46.7 Å². The van der Waals surface area contributed by atoms with E-state index in [1.54, 1.807) is 0 Å². The van der Waals surface area contributed by atoms with E-state index in [-0.39, 0.29) is 5.54 Å². The minimum Gasteiger partial charge on any atom is -0.358 e. The van der Waals surface area contributed by atoms with Crippen LogP contribution in [0.4, 0.5) is 5.82 Å². The predicted molar refractivity (Wildman–Crippen MR) is 81.3 cm³/mol. The first-order chi connectivity index (χ1) is 8.78. The minimum absolute atomic E-state index is 0.0984. The molecule has 0 aliphatic rings. The molecule has 19 heavy (non-hydrogen) atoms. The van der Waals surface area contributed by atoms with Crippen LogP contribution in [0.3, 0.4) is 0 Å². The highest BCUT2D eigenvalue weighted by atomic mass is 15.2. The molecule has 0 spiro atoms. The molecule has 1 aromatic rings. The lowest BCUT2D eigenvalue weighted by Gasteiger charge is -2.22. The molecule has 0 atom stereocenters. The molecule has 108 valence electrons. The summed E-state index contributed by atoms with van der Waals surface area (Å²) in [6.07, 6.45) is 4.84. The highest BCUT2D eigenvalue weighted by Gasteiger charge is 2.10. The molecule has 0 bridgehead atoms. The Morgan fingerprint density at radius 2 is 1.95 bits per heavy atom. The lowest BCUT2D eigenvalue weighted by molar-refractivity contribution is 0.421. The zero-order valence-corrected chi connectivity index (χ0v) is 13.2. The van der Waals surface area contributed by atoms with Crippen molar-refractivity contribution in [1.29, 1.82) is 0 Å². The van der Waals surface area contributed by atoms with E-state index >= 15 is 0 Å². The summed E-state index contributed by atoms with van der Waals surface area (Å²) in [7, 11) is 2.08. The van der Waals surface area contributed by atoms with E-state index in [0.717, 1.165) is 24.6 Å². The van der Waals surface area contributed by atoms with E-state index in [0.29, 0.717) is 5.92 Å². The standard InChI is InChI=1S/C15H28N4/c1-12(2)7-8-19(6)14-11-16-9-13(18-14)10-17-15(3,4)5/h9,11-12,17H,7-8,10H2,1-6H3. The fraction of sp³-hybridized carbons (Fsp3) is 0.733. The van der Waals surface area contributed by atoms with Gasteiger partial charge >= 0.3 is 0 Å². The van der Waals surface area contributed by atoms with Crippen LogP contribution in [-0.4, -0.2) is 29.1 Å². The third kappa shape index (κ3) is 6.53. The van der Waals surface area contributed by atoms with Gasteiger partial charge in [0.1, 0.15) is 5.82 Å². The molecule has 0 fully saturated rings. The number of nitrogens with one attached hydrogen (secondary N) is 1. The van der Waals surface area contributed by atoms with Gasteiger partial charge in [-0.3, -0.25) is 4.98 Å². The monoisotopic (exact) mass is 264 g/mol. The topological polar surface area (TPSA) is 41.1 Å². The second-order valence-corrected chi connectivity index (χ2v) is 6.58. The minimum atomic E-state index is 0.0984. The number of hydrogen-bond donors (Lipinski definition) is 1. The predicted octanol–water partition coefficient (Wildman–Crippen LogP) is 2.85. The SMILES string of the molecule is CC(C)CCN(C)c1cncc(CNC(C)(C)C)n1. The molecule has 0 saturated heterocycles. The van der Waals surface area contributed by atoms with Gasteiger partial charge in [-0.1, -0.05) is 13.8 Å². The van der Waals surface area contributed by atoms with E-state index < -0.39 is 0 Å². The van der Waals surface area contributed by atoms with Gasteiger partial charge in [-0.05, 0) is 33.1 Å². The van der Waals surface area contributed by atoms with Gasteiger partial charge in [0.05, 0.1) is 11.9 Å². The smallest absolute Gasteiger partial charge is 0.147 e. The molecule has 0 aliphatic heterocycles. The first-order valence-corrected chi connectivity index (χ1v) is 7.05. The molecule has 1 N–H and O–H groups in total. The zero-order chi connectivity index (χ0) is 14.5. The lowest BCUT2D eigenvalue weighted by Crippen LogP contribution is -2.35. The van der Waals surface area contributed by atoms with Gasteiger partial charge in [-0.15, -0.1) is 0 Å². The summed E-state index contributed by atoms with van der Waals surface area (Å²) < 4.78 is 0. The maximum absolute atomic E-state index is 4.65. The van der Waals surface area contributed by atoms with Crippen LogP contribution in [0.2, 0.25) is 0 Å². The van der Waals surface area contributed by atoms with Crippen molar-refractivity contribution in [3.05, 3.63) is 18.1 Å². The molecule has 1 heterocycles. The Balaban J connectivity index is 2.60. The number of rotatable bonds is 6. The zero-order valence-electron chi connectivity index (χ0n) is 13.2. The third-order valence-corrected chi connectivity index (χ3v) is 2.90. The lowest BCUT2D eigenvalue weighted by atomic mass is 10.1. The van der Waals surface area contributed by atoms with Gasteiger partial charge in [0.2, 0.25) is 0 Å².